The van der Waals surface area contributed by atoms with E-state index in [9.17, 15) is 18.3 Å². The number of aryl methyl sites for hydroxylation is 1. The van der Waals surface area contributed by atoms with Gasteiger partial charge in [-0.25, -0.2) is 14.1 Å². The van der Waals surface area contributed by atoms with Gasteiger partial charge in [0.05, 0.1) is 16.8 Å². The van der Waals surface area contributed by atoms with Crippen molar-refractivity contribution < 1.29 is 23.0 Å². The zero-order valence-electron chi connectivity index (χ0n) is 17.9. The van der Waals surface area contributed by atoms with Crippen LogP contribution in [-0.2, 0) is 17.9 Å². The van der Waals surface area contributed by atoms with Crippen molar-refractivity contribution in [3.63, 3.8) is 0 Å². The van der Waals surface area contributed by atoms with Crippen molar-refractivity contribution in [3.8, 4) is 17.2 Å². The minimum atomic E-state index is -3.16. The number of nitrogens with zero attached hydrogens (tertiary/aromatic N) is 3. The quantitative estimate of drug-likeness (QED) is 0.329. The van der Waals surface area contributed by atoms with E-state index in [-0.39, 0.29) is 23.1 Å². The highest BCUT2D eigenvalue weighted by Gasteiger charge is 2.26. The Morgan fingerprint density at radius 2 is 1.88 bits per heavy atom. The fourth-order valence-electron chi connectivity index (χ4n) is 4.10. The van der Waals surface area contributed by atoms with Crippen LogP contribution in [-0.4, -0.2) is 21.4 Å². The van der Waals surface area contributed by atoms with Gasteiger partial charge < -0.3 is 4.74 Å². The lowest BCUT2D eigenvalue weighted by Crippen LogP contribution is -2.10. The average molecular weight is 452 g/mol. The summed E-state index contributed by atoms with van der Waals surface area (Å²) in [6.45, 7) is -1.37. The molecule has 0 N–H and O–H groups in total. The number of rotatable bonds is 7. The summed E-state index contributed by atoms with van der Waals surface area (Å²) in [5, 5.41) is 16.8. The summed E-state index contributed by atoms with van der Waals surface area (Å²) < 4.78 is 47.5. The first-order valence-corrected chi connectivity index (χ1v) is 10.8. The molecule has 2 aromatic carbocycles. The molecule has 5 rings (SSSR count). The van der Waals surface area contributed by atoms with Gasteiger partial charge >= 0.3 is 6.61 Å². The monoisotopic (exact) mass is 452 g/mol. The Morgan fingerprint density at radius 3 is 2.55 bits per heavy atom. The third-order valence-corrected chi connectivity index (χ3v) is 5.92. The maximum absolute atomic E-state index is 14.4. The minimum Gasteiger partial charge on any atom is -0.434 e. The maximum Gasteiger partial charge on any atom is 0.387 e. The molecule has 5 nitrogen and oxygen atoms in total. The van der Waals surface area contributed by atoms with Gasteiger partial charge in [-0.15, -0.1) is 0 Å². The molecule has 0 spiro atoms. The molecule has 0 saturated heterocycles. The van der Waals surface area contributed by atoms with Crippen molar-refractivity contribution in [2.75, 3.05) is 0 Å². The fourth-order valence-corrected chi connectivity index (χ4v) is 4.10. The molecule has 169 valence electrons. The maximum atomic E-state index is 14.4. The van der Waals surface area contributed by atoms with Crippen LogP contribution in [0.3, 0.4) is 0 Å². The first-order valence-electron chi connectivity index (χ1n) is 10.8. The molecule has 2 aromatic heterocycles. The second-order valence-electron chi connectivity index (χ2n) is 8.17. The molecule has 0 bridgehead atoms. The van der Waals surface area contributed by atoms with E-state index in [1.807, 2.05) is 41.2 Å². The molecule has 1 fully saturated rings. The van der Waals surface area contributed by atoms with Gasteiger partial charge in [-0.05, 0) is 55.2 Å². The number of halogens is 3. The summed E-state index contributed by atoms with van der Waals surface area (Å²) in [6.07, 6.45) is 4.84. The van der Waals surface area contributed by atoms with Crippen LogP contribution in [0.4, 0.5) is 13.2 Å². The molecule has 1 saturated carbocycles. The van der Waals surface area contributed by atoms with Gasteiger partial charge in [-0.1, -0.05) is 19.1 Å². The zero-order chi connectivity index (χ0) is 23.1. The molecule has 8 heteroatoms. The normalized spacial score (nSPS) is 13.7. The molecule has 0 aliphatic heterocycles. The van der Waals surface area contributed by atoms with E-state index in [2.05, 4.69) is 10.1 Å². The Balaban J connectivity index is 1.54. The Kier molecular flexibility index (Phi) is 5.44. The van der Waals surface area contributed by atoms with Crippen molar-refractivity contribution in [3.05, 3.63) is 77.0 Å². The predicted octanol–water partition coefficient (Wildman–Crippen LogP) is 6.34. The molecule has 0 atom stereocenters. The topological polar surface area (TPSA) is 59.8 Å². The zero-order valence-corrected chi connectivity index (χ0v) is 17.9. The van der Waals surface area contributed by atoms with Crippen molar-refractivity contribution >= 4 is 10.9 Å². The lowest BCUT2D eigenvalue weighted by Gasteiger charge is -2.17. The van der Waals surface area contributed by atoms with Crippen LogP contribution in [0.1, 0.15) is 48.2 Å². The van der Waals surface area contributed by atoms with Crippen LogP contribution in [0.2, 0.25) is 0 Å². The molecular formula is C25H21F3N3O2. The number of ether oxygens (including phenoxy) is 1. The SMILES string of the molecule is CCc1nc2c(F)ccc([O])c2c(OC(F)F)c1Cc1ccc(-n2ccc(C3CC3)n2)cc1. The summed E-state index contributed by atoms with van der Waals surface area (Å²) in [5.74, 6) is -1.11. The highest BCUT2D eigenvalue weighted by atomic mass is 19.3. The van der Waals surface area contributed by atoms with Crippen LogP contribution >= 0.6 is 0 Å². The van der Waals surface area contributed by atoms with Crippen molar-refractivity contribution in [1.82, 2.24) is 14.8 Å². The van der Waals surface area contributed by atoms with Gasteiger partial charge in [0.1, 0.15) is 17.1 Å². The molecule has 2 heterocycles. The average Bonchev–Trinajstić information content (AvgIpc) is 3.54. The Labute approximate surface area is 188 Å². The van der Waals surface area contributed by atoms with E-state index in [0.29, 0.717) is 23.6 Å². The molecule has 33 heavy (non-hydrogen) atoms. The van der Waals surface area contributed by atoms with Crippen molar-refractivity contribution in [2.45, 2.75) is 45.1 Å². The molecule has 1 aliphatic carbocycles. The van der Waals surface area contributed by atoms with Gasteiger partial charge in [0.2, 0.25) is 0 Å². The lowest BCUT2D eigenvalue weighted by molar-refractivity contribution is -0.0494. The van der Waals surface area contributed by atoms with Gasteiger partial charge in [0, 0.05) is 29.8 Å². The molecule has 1 radical (unpaired) electrons. The first-order chi connectivity index (χ1) is 15.9. The van der Waals surface area contributed by atoms with E-state index in [1.165, 1.54) is 12.8 Å². The summed E-state index contributed by atoms with van der Waals surface area (Å²) in [5.41, 5.74) is 3.30. The molecule has 1 aliphatic rings. The summed E-state index contributed by atoms with van der Waals surface area (Å²) in [7, 11) is 0. The highest BCUT2D eigenvalue weighted by molar-refractivity contribution is 5.92. The number of aromatic nitrogens is 3. The van der Waals surface area contributed by atoms with Crippen molar-refractivity contribution in [2.24, 2.45) is 0 Å². The summed E-state index contributed by atoms with van der Waals surface area (Å²) in [4.78, 5) is 4.29. The summed E-state index contributed by atoms with van der Waals surface area (Å²) in [6, 6.07) is 11.5. The first kappa shape index (κ1) is 21.3. The lowest BCUT2D eigenvalue weighted by atomic mass is 9.98. The van der Waals surface area contributed by atoms with Crippen LogP contribution in [0, 0.1) is 5.82 Å². The van der Waals surface area contributed by atoms with E-state index >= 15 is 0 Å². The third kappa shape index (κ3) is 4.13. The fraction of sp³-hybridized carbons (Fsp3) is 0.280. The smallest absolute Gasteiger partial charge is 0.387 e. The van der Waals surface area contributed by atoms with Crippen LogP contribution < -0.4 is 4.74 Å². The second kappa shape index (κ2) is 8.42. The van der Waals surface area contributed by atoms with Gasteiger partial charge in [0.25, 0.3) is 0 Å². The number of pyridine rings is 1. The Morgan fingerprint density at radius 1 is 1.12 bits per heavy atom. The molecular weight excluding hydrogens is 431 g/mol. The van der Waals surface area contributed by atoms with E-state index in [4.69, 9.17) is 4.74 Å². The van der Waals surface area contributed by atoms with E-state index < -0.39 is 18.2 Å². The Bertz CT molecular complexity index is 1310. The second-order valence-corrected chi connectivity index (χ2v) is 8.17. The van der Waals surface area contributed by atoms with Crippen LogP contribution in [0.15, 0.2) is 48.7 Å². The van der Waals surface area contributed by atoms with E-state index in [1.54, 1.807) is 6.92 Å². The summed E-state index contributed by atoms with van der Waals surface area (Å²) >= 11 is 0. The Hall–Kier alpha value is -3.55. The molecule has 0 unspecified atom stereocenters. The number of benzene rings is 2. The highest BCUT2D eigenvalue weighted by Crippen LogP contribution is 2.41. The predicted molar refractivity (Wildman–Crippen MR) is 116 cm³/mol. The minimum absolute atomic E-state index is 0.205. The standard InChI is InChI=1S/C25H21F3N3O2/c1-2-19-17(24(33-25(27)28)22-21(32)10-9-18(26)23(22)29-19)13-14-3-7-16(8-4-14)31-12-11-20(30-31)15-5-6-15/h3-4,7-12,15,25H,2,5-6,13H2,1H3. The molecule has 4 aromatic rings. The third-order valence-electron chi connectivity index (χ3n) is 5.92. The number of alkyl halides is 2. The van der Waals surface area contributed by atoms with Gasteiger partial charge in [-0.2, -0.15) is 13.9 Å². The van der Waals surface area contributed by atoms with Gasteiger partial charge in [-0.3, -0.25) is 5.11 Å². The van der Waals surface area contributed by atoms with Crippen LogP contribution in [0.5, 0.6) is 11.5 Å². The number of hydrogen-bond donors (Lipinski definition) is 0. The van der Waals surface area contributed by atoms with Gasteiger partial charge in [0.15, 0.2) is 5.75 Å². The largest absolute Gasteiger partial charge is 0.434 e. The van der Waals surface area contributed by atoms with E-state index in [0.717, 1.165) is 29.1 Å². The number of fused-ring (bicyclic) bond motifs is 1. The van der Waals surface area contributed by atoms with Crippen LogP contribution in [0.25, 0.3) is 16.6 Å². The number of hydrogen-bond acceptors (Lipinski definition) is 3. The van der Waals surface area contributed by atoms with Crippen molar-refractivity contribution in [1.29, 1.82) is 0 Å². The molecule has 0 amide bonds.